The number of ether oxygens (including phenoxy) is 1. The third-order valence-corrected chi connectivity index (χ3v) is 4.84. The molecule has 2 heterocycles. The minimum atomic E-state index is -0.258. The Hall–Kier alpha value is -1.40. The number of morpholine rings is 1. The lowest BCUT2D eigenvalue weighted by Crippen LogP contribution is -2.52. The molecule has 1 aromatic heterocycles. The van der Waals surface area contributed by atoms with E-state index in [-0.39, 0.29) is 11.2 Å². The second-order valence-electron chi connectivity index (χ2n) is 6.11. The zero-order valence-corrected chi connectivity index (χ0v) is 12.7. The fourth-order valence-corrected chi connectivity index (χ4v) is 3.51. The average Bonchev–Trinajstić information content (AvgIpc) is 2.51. The predicted molar refractivity (Wildman–Crippen MR) is 79.3 cm³/mol. The highest BCUT2D eigenvalue weighted by Gasteiger charge is 2.34. The van der Waals surface area contributed by atoms with Crippen molar-refractivity contribution >= 4 is 0 Å². The maximum atomic E-state index is 12.0. The van der Waals surface area contributed by atoms with Crippen LogP contribution in [0.5, 0.6) is 0 Å². The first-order valence-corrected chi connectivity index (χ1v) is 7.69. The molecule has 0 unspecified atom stereocenters. The van der Waals surface area contributed by atoms with Crippen molar-refractivity contribution in [2.45, 2.75) is 44.4 Å². The van der Waals surface area contributed by atoms with Crippen LogP contribution in [-0.2, 0) is 25.4 Å². The van der Waals surface area contributed by atoms with E-state index >= 15 is 0 Å². The molecule has 3 rings (SSSR count). The third kappa shape index (κ3) is 2.70. The van der Waals surface area contributed by atoms with Gasteiger partial charge in [-0.2, -0.15) is 0 Å². The molecule has 6 nitrogen and oxygen atoms in total. The highest BCUT2D eigenvalue weighted by atomic mass is 16.5. The molecule has 2 fully saturated rings. The smallest absolute Gasteiger partial charge is 0.330 e. The van der Waals surface area contributed by atoms with Gasteiger partial charge in [-0.15, -0.1) is 0 Å². The molecule has 0 radical (unpaired) electrons. The fourth-order valence-electron chi connectivity index (χ4n) is 3.51. The van der Waals surface area contributed by atoms with Crippen molar-refractivity contribution in [1.29, 1.82) is 0 Å². The molecule has 0 aromatic carbocycles. The Balaban J connectivity index is 1.86. The molecule has 116 valence electrons. The molecule has 1 aromatic rings. The number of fused-ring (bicyclic) bond motifs is 1. The summed E-state index contributed by atoms with van der Waals surface area (Å²) in [6.07, 6.45) is 5.05. The van der Waals surface area contributed by atoms with Gasteiger partial charge in [0.15, 0.2) is 0 Å². The molecule has 1 aliphatic carbocycles. The van der Waals surface area contributed by atoms with Gasteiger partial charge in [-0.05, 0) is 12.8 Å². The topological polar surface area (TPSA) is 56.5 Å². The minimum Gasteiger partial charge on any atom is -0.375 e. The number of aromatic nitrogens is 2. The quantitative estimate of drug-likeness (QED) is 0.783. The Labute approximate surface area is 123 Å². The van der Waals surface area contributed by atoms with Crippen molar-refractivity contribution in [3.63, 3.8) is 0 Å². The van der Waals surface area contributed by atoms with Crippen LogP contribution in [0.25, 0.3) is 0 Å². The van der Waals surface area contributed by atoms with Crippen LogP contribution >= 0.6 is 0 Å². The van der Waals surface area contributed by atoms with Crippen LogP contribution in [0.1, 0.15) is 31.4 Å². The zero-order valence-electron chi connectivity index (χ0n) is 12.7. The first kappa shape index (κ1) is 14.5. The summed E-state index contributed by atoms with van der Waals surface area (Å²) in [6, 6.07) is 2.00. The highest BCUT2D eigenvalue weighted by molar-refractivity contribution is 5.03. The van der Waals surface area contributed by atoms with Gasteiger partial charge in [0, 0.05) is 45.0 Å². The molecule has 2 aliphatic rings. The monoisotopic (exact) mass is 293 g/mol. The molecule has 0 spiro atoms. The summed E-state index contributed by atoms with van der Waals surface area (Å²) < 4.78 is 8.59. The highest BCUT2D eigenvalue weighted by Crippen LogP contribution is 2.29. The van der Waals surface area contributed by atoms with E-state index < -0.39 is 0 Å². The second kappa shape index (κ2) is 5.77. The summed E-state index contributed by atoms with van der Waals surface area (Å²) in [5, 5.41) is 0. The SMILES string of the molecule is Cn1c(CN2CCO[C@@H]3CCCC[C@@H]32)cc(=O)n(C)c1=O. The van der Waals surface area contributed by atoms with Crippen LogP contribution in [0.2, 0.25) is 0 Å². The standard InChI is InChI=1S/C15H23N3O3/c1-16-11(9-14(19)17(2)15(16)20)10-18-7-8-21-13-6-4-3-5-12(13)18/h9,12-13H,3-8,10H2,1-2H3/t12-,13+/m0/s1. The summed E-state index contributed by atoms with van der Waals surface area (Å²) in [7, 11) is 3.25. The van der Waals surface area contributed by atoms with E-state index in [2.05, 4.69) is 4.90 Å². The van der Waals surface area contributed by atoms with Crippen LogP contribution in [0, 0.1) is 0 Å². The number of rotatable bonds is 2. The fraction of sp³-hybridized carbons (Fsp3) is 0.733. The molecule has 0 amide bonds. The van der Waals surface area contributed by atoms with Crippen LogP contribution in [0.15, 0.2) is 15.7 Å². The van der Waals surface area contributed by atoms with Gasteiger partial charge in [0.2, 0.25) is 0 Å². The Morgan fingerprint density at radius 2 is 1.95 bits per heavy atom. The summed E-state index contributed by atoms with van der Waals surface area (Å²) in [5.41, 5.74) is 0.293. The largest absolute Gasteiger partial charge is 0.375 e. The summed E-state index contributed by atoms with van der Waals surface area (Å²) in [4.78, 5) is 26.2. The second-order valence-corrected chi connectivity index (χ2v) is 6.11. The van der Waals surface area contributed by atoms with Gasteiger partial charge in [-0.25, -0.2) is 4.79 Å². The van der Waals surface area contributed by atoms with E-state index in [1.807, 2.05) is 0 Å². The molecule has 1 saturated heterocycles. The van der Waals surface area contributed by atoms with E-state index in [1.54, 1.807) is 17.7 Å². The normalized spacial score (nSPS) is 26.6. The van der Waals surface area contributed by atoms with E-state index in [0.29, 0.717) is 18.7 Å². The molecule has 1 aliphatic heterocycles. The Morgan fingerprint density at radius 3 is 2.76 bits per heavy atom. The van der Waals surface area contributed by atoms with Crippen molar-refractivity contribution in [3.05, 3.63) is 32.6 Å². The van der Waals surface area contributed by atoms with Crippen LogP contribution in [0.4, 0.5) is 0 Å². The molecule has 0 N–H and O–H groups in total. The predicted octanol–water partition coefficient (Wildman–Crippen LogP) is 0.227. The first-order chi connectivity index (χ1) is 10.1. The maximum absolute atomic E-state index is 12.0. The third-order valence-electron chi connectivity index (χ3n) is 4.84. The van der Waals surface area contributed by atoms with Crippen molar-refractivity contribution in [1.82, 2.24) is 14.0 Å². The summed E-state index contributed by atoms with van der Waals surface area (Å²) >= 11 is 0. The van der Waals surface area contributed by atoms with Crippen molar-refractivity contribution in [3.8, 4) is 0 Å². The Kier molecular flexibility index (Phi) is 3.99. The molecule has 1 saturated carbocycles. The summed E-state index contributed by atoms with van der Waals surface area (Å²) in [6.45, 7) is 2.25. The van der Waals surface area contributed by atoms with Crippen molar-refractivity contribution in [2.75, 3.05) is 13.2 Å². The van der Waals surface area contributed by atoms with Gasteiger partial charge >= 0.3 is 5.69 Å². The van der Waals surface area contributed by atoms with Gasteiger partial charge in [0.25, 0.3) is 5.56 Å². The molecule has 0 bridgehead atoms. The lowest BCUT2D eigenvalue weighted by Gasteiger charge is -2.43. The maximum Gasteiger partial charge on any atom is 0.330 e. The van der Waals surface area contributed by atoms with Crippen molar-refractivity contribution < 1.29 is 4.74 Å². The molecule has 6 heteroatoms. The first-order valence-electron chi connectivity index (χ1n) is 7.69. The zero-order chi connectivity index (χ0) is 15.0. The van der Waals surface area contributed by atoms with E-state index in [9.17, 15) is 9.59 Å². The van der Waals surface area contributed by atoms with E-state index in [4.69, 9.17) is 4.74 Å². The van der Waals surface area contributed by atoms with Gasteiger partial charge in [-0.1, -0.05) is 12.8 Å². The average molecular weight is 293 g/mol. The Bertz CT molecular complexity index is 632. The van der Waals surface area contributed by atoms with Crippen LogP contribution < -0.4 is 11.2 Å². The lowest BCUT2D eigenvalue weighted by molar-refractivity contribution is -0.0917. The van der Waals surface area contributed by atoms with E-state index in [0.717, 1.165) is 36.3 Å². The van der Waals surface area contributed by atoms with Crippen LogP contribution in [-0.4, -0.2) is 39.3 Å². The molecule has 2 atom stereocenters. The Morgan fingerprint density at radius 1 is 1.19 bits per heavy atom. The van der Waals surface area contributed by atoms with Gasteiger partial charge < -0.3 is 4.74 Å². The van der Waals surface area contributed by atoms with Gasteiger partial charge in [-0.3, -0.25) is 18.8 Å². The number of hydrogen-bond acceptors (Lipinski definition) is 4. The molecular formula is C15H23N3O3. The number of nitrogens with zero attached hydrogens (tertiary/aromatic N) is 3. The lowest BCUT2D eigenvalue weighted by atomic mass is 9.90. The molecule has 21 heavy (non-hydrogen) atoms. The molecular weight excluding hydrogens is 270 g/mol. The minimum absolute atomic E-state index is 0.235. The summed E-state index contributed by atoms with van der Waals surface area (Å²) in [5.74, 6) is 0. The number of hydrogen-bond donors (Lipinski definition) is 0. The van der Waals surface area contributed by atoms with Gasteiger partial charge in [0.1, 0.15) is 0 Å². The van der Waals surface area contributed by atoms with Crippen LogP contribution in [0.3, 0.4) is 0 Å². The van der Waals surface area contributed by atoms with Gasteiger partial charge in [0.05, 0.1) is 12.7 Å². The van der Waals surface area contributed by atoms with Crippen molar-refractivity contribution in [2.24, 2.45) is 14.1 Å². The van der Waals surface area contributed by atoms with E-state index in [1.165, 1.54) is 19.9 Å².